The Balaban J connectivity index is 1.23. The van der Waals surface area contributed by atoms with Crippen molar-refractivity contribution in [2.24, 2.45) is 0 Å². The summed E-state index contributed by atoms with van der Waals surface area (Å²) in [4.78, 5) is 62.4. The van der Waals surface area contributed by atoms with E-state index >= 15 is 0 Å². The minimum Gasteiger partial charge on any atom is -0.477 e. The highest BCUT2D eigenvalue weighted by Gasteiger charge is 2.14. The van der Waals surface area contributed by atoms with Crippen LogP contribution in [0.4, 0.5) is 0 Å². The topological polar surface area (TPSA) is 192 Å². The van der Waals surface area contributed by atoms with Crippen molar-refractivity contribution in [3.8, 4) is 34.2 Å². The minimum absolute atomic E-state index is 0.0652. The summed E-state index contributed by atoms with van der Waals surface area (Å²) in [6.07, 6.45) is 5.17. The van der Waals surface area contributed by atoms with Gasteiger partial charge >= 0.3 is 17.9 Å². The van der Waals surface area contributed by atoms with Gasteiger partial charge < -0.3 is 15.3 Å². The fraction of sp³-hybridized carbons (Fsp3) is 0.0833. The maximum Gasteiger partial charge on any atom is 0.354 e. The van der Waals surface area contributed by atoms with Gasteiger partial charge in [0.2, 0.25) is 0 Å². The van der Waals surface area contributed by atoms with Crippen LogP contribution >= 0.6 is 0 Å². The van der Waals surface area contributed by atoms with Gasteiger partial charge in [0.1, 0.15) is 17.1 Å². The molecule has 0 aliphatic rings. The molecule has 0 saturated carbocycles. The van der Waals surface area contributed by atoms with Crippen molar-refractivity contribution in [1.29, 1.82) is 0 Å². The van der Waals surface area contributed by atoms with Crippen LogP contribution in [0.1, 0.15) is 48.2 Å². The molecule has 0 unspecified atom stereocenters. The lowest BCUT2D eigenvalue weighted by Gasteiger charge is -2.23. The van der Waals surface area contributed by atoms with Crippen molar-refractivity contribution in [3.05, 3.63) is 143 Å². The van der Waals surface area contributed by atoms with E-state index in [4.69, 9.17) is 0 Å². The summed E-state index contributed by atoms with van der Waals surface area (Å²) in [5.41, 5.74) is 5.48. The van der Waals surface area contributed by atoms with Crippen molar-refractivity contribution in [1.82, 2.24) is 34.8 Å². The molecule has 6 aromatic rings. The molecular formula is C36H27N7O6. The van der Waals surface area contributed by atoms with Gasteiger partial charge in [0.05, 0.1) is 34.2 Å². The van der Waals surface area contributed by atoms with E-state index in [-0.39, 0.29) is 17.1 Å². The number of carbonyl (C=O) groups is 3. The van der Waals surface area contributed by atoms with Crippen LogP contribution in [0.5, 0.6) is 0 Å². The number of pyridine rings is 6. The van der Waals surface area contributed by atoms with Gasteiger partial charge in [-0.3, -0.25) is 19.9 Å². The summed E-state index contributed by atoms with van der Waals surface area (Å²) in [6.45, 7) is 1.47. The summed E-state index contributed by atoms with van der Waals surface area (Å²) in [7, 11) is 0. The van der Waals surface area contributed by atoms with Gasteiger partial charge in [0.15, 0.2) is 0 Å². The Morgan fingerprint density at radius 3 is 0.980 bits per heavy atom. The number of nitrogens with zero attached hydrogens (tertiary/aromatic N) is 7. The molecule has 13 nitrogen and oxygen atoms in total. The molecule has 242 valence electrons. The predicted octanol–water partition coefficient (Wildman–Crippen LogP) is 5.35. The fourth-order valence-corrected chi connectivity index (χ4v) is 5.04. The third kappa shape index (κ3) is 7.99. The molecule has 49 heavy (non-hydrogen) atoms. The summed E-state index contributed by atoms with van der Waals surface area (Å²) in [5.74, 6) is -3.35. The number of aromatic nitrogens is 6. The third-order valence-electron chi connectivity index (χ3n) is 7.38. The summed E-state index contributed by atoms with van der Waals surface area (Å²) >= 11 is 0. The van der Waals surface area contributed by atoms with Crippen LogP contribution in [0, 0.1) is 0 Å². The number of hydrogen-bond donors (Lipinski definition) is 3. The second-order valence-corrected chi connectivity index (χ2v) is 10.9. The van der Waals surface area contributed by atoms with Gasteiger partial charge in [-0.2, -0.15) is 0 Å². The van der Waals surface area contributed by atoms with Crippen LogP contribution in [0.15, 0.2) is 110 Å². The molecule has 6 heterocycles. The van der Waals surface area contributed by atoms with Crippen LogP contribution in [0.2, 0.25) is 0 Å². The van der Waals surface area contributed by atoms with Gasteiger partial charge in [-0.15, -0.1) is 0 Å². The molecule has 0 aliphatic carbocycles. The van der Waals surface area contributed by atoms with Crippen molar-refractivity contribution in [2.45, 2.75) is 19.6 Å². The zero-order valence-corrected chi connectivity index (χ0v) is 25.7. The smallest absolute Gasteiger partial charge is 0.354 e. The molecule has 13 heteroatoms. The van der Waals surface area contributed by atoms with E-state index in [1.807, 2.05) is 18.2 Å². The zero-order valence-electron chi connectivity index (χ0n) is 25.7. The molecule has 6 rings (SSSR count). The molecule has 0 aromatic carbocycles. The van der Waals surface area contributed by atoms with E-state index in [1.54, 1.807) is 73.2 Å². The molecule has 0 saturated heterocycles. The van der Waals surface area contributed by atoms with E-state index in [0.29, 0.717) is 53.8 Å². The quantitative estimate of drug-likeness (QED) is 0.153. The van der Waals surface area contributed by atoms with Crippen LogP contribution < -0.4 is 0 Å². The third-order valence-corrected chi connectivity index (χ3v) is 7.38. The van der Waals surface area contributed by atoms with E-state index in [9.17, 15) is 29.7 Å². The van der Waals surface area contributed by atoms with E-state index in [1.165, 1.54) is 18.2 Å². The second-order valence-electron chi connectivity index (χ2n) is 10.9. The largest absolute Gasteiger partial charge is 0.477 e. The Labute approximate surface area is 279 Å². The van der Waals surface area contributed by atoms with Crippen LogP contribution in [-0.2, 0) is 19.6 Å². The summed E-state index contributed by atoms with van der Waals surface area (Å²) in [5, 5.41) is 27.9. The molecule has 3 N–H and O–H groups in total. The maximum absolute atomic E-state index is 11.4. The Bertz CT molecular complexity index is 1900. The maximum atomic E-state index is 11.4. The normalized spacial score (nSPS) is 11.0. The van der Waals surface area contributed by atoms with Gasteiger partial charge in [-0.05, 0) is 71.3 Å². The van der Waals surface area contributed by atoms with Crippen molar-refractivity contribution in [3.63, 3.8) is 0 Å². The lowest BCUT2D eigenvalue weighted by atomic mass is 10.1. The lowest BCUT2D eigenvalue weighted by Crippen LogP contribution is -2.22. The number of carboxylic acid groups (broad SMARTS) is 3. The lowest BCUT2D eigenvalue weighted by molar-refractivity contribution is 0.0680. The first-order valence-electron chi connectivity index (χ1n) is 14.9. The SMILES string of the molecule is O=C(O)c1cccc(-c2ccc(CN(Cc3ccc(-c4cccc(C(=O)O)n4)nc3)Cc3ccc(-c4cccc(C(=O)O)n4)nc3)cn2)n1. The standard InChI is InChI=1S/C36H27N7O6/c44-34(45)31-7-1-4-28(40-31)25-13-10-22(16-37-25)19-43(20-23-11-14-26(38-17-23)29-5-2-8-32(41-29)35(46)47)21-24-12-15-27(39-18-24)30-6-3-9-33(42-30)36(48)49/h1-18H,19-21H2,(H,44,45)(H,46,47)(H,48,49). The molecule has 0 fully saturated rings. The number of hydrogen-bond acceptors (Lipinski definition) is 10. The van der Waals surface area contributed by atoms with Crippen LogP contribution in [0.25, 0.3) is 34.2 Å². The molecule has 0 radical (unpaired) electrons. The predicted molar refractivity (Wildman–Crippen MR) is 176 cm³/mol. The van der Waals surface area contributed by atoms with Gasteiger partial charge in [0, 0.05) is 38.2 Å². The number of rotatable bonds is 12. The minimum atomic E-state index is -1.12. The molecular weight excluding hydrogens is 626 g/mol. The average Bonchev–Trinajstić information content (AvgIpc) is 3.12. The monoisotopic (exact) mass is 653 g/mol. The fourth-order valence-electron chi connectivity index (χ4n) is 5.04. The van der Waals surface area contributed by atoms with Gasteiger partial charge in [0.25, 0.3) is 0 Å². The second kappa shape index (κ2) is 14.4. The van der Waals surface area contributed by atoms with Crippen molar-refractivity contribution < 1.29 is 29.7 Å². The van der Waals surface area contributed by atoms with Gasteiger partial charge in [-0.1, -0.05) is 36.4 Å². The Morgan fingerprint density at radius 1 is 0.429 bits per heavy atom. The highest BCUT2D eigenvalue weighted by Crippen LogP contribution is 2.21. The van der Waals surface area contributed by atoms with Crippen LogP contribution in [0.3, 0.4) is 0 Å². The van der Waals surface area contributed by atoms with E-state index < -0.39 is 17.9 Å². The average molecular weight is 654 g/mol. The first-order chi connectivity index (χ1) is 23.7. The Hall–Kier alpha value is -6.73. The van der Waals surface area contributed by atoms with E-state index in [0.717, 1.165) is 16.7 Å². The highest BCUT2D eigenvalue weighted by molar-refractivity contribution is 5.87. The van der Waals surface area contributed by atoms with Gasteiger partial charge in [-0.25, -0.2) is 29.3 Å². The van der Waals surface area contributed by atoms with E-state index in [2.05, 4.69) is 34.8 Å². The number of carboxylic acids is 3. The molecule has 0 bridgehead atoms. The molecule has 0 amide bonds. The summed E-state index contributed by atoms with van der Waals surface area (Å²) in [6, 6.07) is 25.4. The Morgan fingerprint density at radius 2 is 0.735 bits per heavy atom. The molecule has 0 atom stereocenters. The molecule has 0 aliphatic heterocycles. The van der Waals surface area contributed by atoms with Crippen LogP contribution in [-0.4, -0.2) is 68.0 Å². The van der Waals surface area contributed by atoms with Crippen molar-refractivity contribution >= 4 is 17.9 Å². The first kappa shape index (κ1) is 32.2. The first-order valence-corrected chi connectivity index (χ1v) is 14.9. The van der Waals surface area contributed by atoms with Crippen molar-refractivity contribution in [2.75, 3.05) is 0 Å². The number of aromatic carboxylic acids is 3. The highest BCUT2D eigenvalue weighted by atomic mass is 16.4. The molecule has 6 aromatic heterocycles. The molecule has 0 spiro atoms. The summed E-state index contributed by atoms with van der Waals surface area (Å²) < 4.78 is 0. The Kier molecular flexibility index (Phi) is 9.44. The zero-order chi connectivity index (χ0) is 34.3.